The topological polar surface area (TPSA) is 53.6 Å². The minimum absolute atomic E-state index is 0.0852. The van der Waals surface area contributed by atoms with E-state index in [1.807, 2.05) is 0 Å². The molecular formula is C14H27N3O2. The molecule has 0 aromatic heterocycles. The monoisotopic (exact) mass is 269 g/mol. The Labute approximate surface area is 116 Å². The largest absolute Gasteiger partial charge is 0.378 e. The zero-order valence-corrected chi connectivity index (χ0v) is 12.2. The summed E-state index contributed by atoms with van der Waals surface area (Å²) in [6.07, 6.45) is 1.20. The number of hydrogen-bond donors (Lipinski definition) is 2. The Hall–Kier alpha value is -0.650. The predicted octanol–water partition coefficient (Wildman–Crippen LogP) is 0.0689. The van der Waals surface area contributed by atoms with Gasteiger partial charge in [-0.1, -0.05) is 13.8 Å². The zero-order chi connectivity index (χ0) is 13.7. The van der Waals surface area contributed by atoms with Gasteiger partial charge >= 0.3 is 0 Å². The van der Waals surface area contributed by atoms with Gasteiger partial charge in [-0.15, -0.1) is 0 Å². The van der Waals surface area contributed by atoms with Crippen LogP contribution in [-0.2, 0) is 9.53 Å². The first-order valence-corrected chi connectivity index (χ1v) is 7.46. The van der Waals surface area contributed by atoms with Crippen molar-refractivity contribution in [1.82, 2.24) is 15.5 Å². The van der Waals surface area contributed by atoms with Crippen molar-refractivity contribution in [2.75, 3.05) is 45.9 Å². The predicted molar refractivity (Wildman–Crippen MR) is 75.0 cm³/mol. The number of morpholine rings is 1. The number of likely N-dealkylation sites (tertiary alicyclic amines) is 1. The molecule has 0 aromatic carbocycles. The van der Waals surface area contributed by atoms with Gasteiger partial charge in [-0.2, -0.15) is 0 Å². The number of nitrogens with zero attached hydrogens (tertiary/aromatic N) is 1. The number of amides is 1. The number of hydrogen-bond acceptors (Lipinski definition) is 4. The summed E-state index contributed by atoms with van der Waals surface area (Å²) in [4.78, 5) is 14.5. The highest BCUT2D eigenvalue weighted by Gasteiger charge is 2.25. The fraction of sp³-hybridized carbons (Fsp3) is 0.929. The number of nitrogens with one attached hydrogen (secondary N) is 2. The summed E-state index contributed by atoms with van der Waals surface area (Å²) in [5, 5.41) is 6.24. The highest BCUT2D eigenvalue weighted by molar-refractivity contribution is 5.81. The quantitative estimate of drug-likeness (QED) is 0.741. The van der Waals surface area contributed by atoms with Gasteiger partial charge in [0.1, 0.15) is 6.04 Å². The Morgan fingerprint density at radius 3 is 3.05 bits per heavy atom. The first-order valence-electron chi connectivity index (χ1n) is 7.46. The molecule has 2 unspecified atom stereocenters. The lowest BCUT2D eigenvalue weighted by Gasteiger charge is -2.23. The summed E-state index contributed by atoms with van der Waals surface area (Å²) in [6.45, 7) is 10.7. The fourth-order valence-corrected chi connectivity index (χ4v) is 2.86. The van der Waals surface area contributed by atoms with E-state index in [1.54, 1.807) is 0 Å². The SMILES string of the molecule is CC(C)CN1CCC(CNC(=O)C2COCCN2)C1. The van der Waals surface area contributed by atoms with Gasteiger partial charge in [-0.05, 0) is 24.8 Å². The average molecular weight is 269 g/mol. The molecule has 110 valence electrons. The lowest BCUT2D eigenvalue weighted by Crippen LogP contribution is -2.52. The van der Waals surface area contributed by atoms with E-state index in [4.69, 9.17) is 4.74 Å². The molecule has 2 aliphatic heterocycles. The van der Waals surface area contributed by atoms with Crippen LogP contribution in [0.5, 0.6) is 0 Å². The molecule has 0 aliphatic carbocycles. The highest BCUT2D eigenvalue weighted by Crippen LogP contribution is 2.16. The van der Waals surface area contributed by atoms with Crippen LogP contribution in [0.3, 0.4) is 0 Å². The molecule has 2 saturated heterocycles. The maximum atomic E-state index is 11.9. The molecule has 0 saturated carbocycles. The molecule has 19 heavy (non-hydrogen) atoms. The molecule has 2 rings (SSSR count). The van der Waals surface area contributed by atoms with Crippen LogP contribution < -0.4 is 10.6 Å². The van der Waals surface area contributed by atoms with Gasteiger partial charge in [0.2, 0.25) is 5.91 Å². The van der Waals surface area contributed by atoms with E-state index in [0.717, 1.165) is 25.6 Å². The molecule has 2 aliphatic rings. The van der Waals surface area contributed by atoms with Crippen LogP contribution in [0.4, 0.5) is 0 Å². The third-order valence-electron chi connectivity index (χ3n) is 3.80. The van der Waals surface area contributed by atoms with Crippen LogP contribution in [-0.4, -0.2) is 62.8 Å². The molecule has 2 atom stereocenters. The van der Waals surface area contributed by atoms with Crippen molar-refractivity contribution in [3.63, 3.8) is 0 Å². The molecule has 0 radical (unpaired) electrons. The molecule has 5 heteroatoms. The second-order valence-electron chi connectivity index (χ2n) is 6.13. The number of carbonyl (C=O) groups is 1. The maximum absolute atomic E-state index is 11.9. The van der Waals surface area contributed by atoms with E-state index >= 15 is 0 Å². The van der Waals surface area contributed by atoms with Crippen molar-refractivity contribution in [2.24, 2.45) is 11.8 Å². The van der Waals surface area contributed by atoms with Crippen molar-refractivity contribution in [2.45, 2.75) is 26.3 Å². The summed E-state index contributed by atoms with van der Waals surface area (Å²) in [5.41, 5.74) is 0. The Bertz CT molecular complexity index is 290. The summed E-state index contributed by atoms with van der Waals surface area (Å²) in [7, 11) is 0. The van der Waals surface area contributed by atoms with Crippen LogP contribution in [0.15, 0.2) is 0 Å². The Balaban J connectivity index is 1.64. The van der Waals surface area contributed by atoms with E-state index in [0.29, 0.717) is 19.1 Å². The Kier molecular flexibility index (Phi) is 5.60. The Morgan fingerprint density at radius 2 is 2.37 bits per heavy atom. The van der Waals surface area contributed by atoms with Gasteiger partial charge in [0, 0.05) is 26.2 Å². The van der Waals surface area contributed by atoms with E-state index in [-0.39, 0.29) is 11.9 Å². The van der Waals surface area contributed by atoms with Crippen LogP contribution >= 0.6 is 0 Å². The van der Waals surface area contributed by atoms with Gasteiger partial charge in [-0.3, -0.25) is 4.79 Å². The molecule has 0 aromatic rings. The van der Waals surface area contributed by atoms with Crippen molar-refractivity contribution >= 4 is 5.91 Å². The standard InChI is InChI=1S/C14H27N3O2/c1-11(2)8-17-5-3-12(9-17)7-16-14(18)13-10-19-6-4-15-13/h11-13,15H,3-10H2,1-2H3,(H,16,18). The second kappa shape index (κ2) is 7.22. The molecular weight excluding hydrogens is 242 g/mol. The van der Waals surface area contributed by atoms with Crippen molar-refractivity contribution in [3.05, 3.63) is 0 Å². The first-order chi connectivity index (χ1) is 9.15. The van der Waals surface area contributed by atoms with E-state index in [2.05, 4.69) is 29.4 Å². The molecule has 0 bridgehead atoms. The first kappa shape index (κ1) is 14.8. The lowest BCUT2D eigenvalue weighted by atomic mass is 10.1. The molecule has 2 N–H and O–H groups in total. The Morgan fingerprint density at radius 1 is 1.53 bits per heavy atom. The normalized spacial score (nSPS) is 28.8. The molecule has 0 spiro atoms. The van der Waals surface area contributed by atoms with Gasteiger partial charge < -0.3 is 20.3 Å². The van der Waals surface area contributed by atoms with Gasteiger partial charge in [0.05, 0.1) is 13.2 Å². The van der Waals surface area contributed by atoms with Crippen LogP contribution in [0.25, 0.3) is 0 Å². The van der Waals surface area contributed by atoms with Crippen molar-refractivity contribution in [1.29, 1.82) is 0 Å². The minimum atomic E-state index is -0.165. The van der Waals surface area contributed by atoms with Crippen molar-refractivity contribution in [3.8, 4) is 0 Å². The van der Waals surface area contributed by atoms with Gasteiger partial charge in [-0.25, -0.2) is 0 Å². The lowest BCUT2D eigenvalue weighted by molar-refractivity contribution is -0.126. The average Bonchev–Trinajstić information content (AvgIpc) is 2.84. The van der Waals surface area contributed by atoms with Crippen molar-refractivity contribution < 1.29 is 9.53 Å². The van der Waals surface area contributed by atoms with E-state index in [1.165, 1.54) is 19.5 Å². The summed E-state index contributed by atoms with van der Waals surface area (Å²) < 4.78 is 5.30. The van der Waals surface area contributed by atoms with Crippen LogP contribution in [0.1, 0.15) is 20.3 Å². The highest BCUT2D eigenvalue weighted by atomic mass is 16.5. The van der Waals surface area contributed by atoms with E-state index in [9.17, 15) is 4.79 Å². The summed E-state index contributed by atoms with van der Waals surface area (Å²) >= 11 is 0. The molecule has 5 nitrogen and oxygen atoms in total. The van der Waals surface area contributed by atoms with Crippen LogP contribution in [0, 0.1) is 11.8 Å². The number of ether oxygens (including phenoxy) is 1. The summed E-state index contributed by atoms with van der Waals surface area (Å²) in [6, 6.07) is -0.165. The minimum Gasteiger partial charge on any atom is -0.378 e. The smallest absolute Gasteiger partial charge is 0.239 e. The third-order valence-corrected chi connectivity index (χ3v) is 3.80. The molecule has 1 amide bonds. The van der Waals surface area contributed by atoms with Gasteiger partial charge in [0.25, 0.3) is 0 Å². The van der Waals surface area contributed by atoms with Gasteiger partial charge in [0.15, 0.2) is 0 Å². The molecule has 2 fully saturated rings. The zero-order valence-electron chi connectivity index (χ0n) is 12.2. The van der Waals surface area contributed by atoms with Crippen LogP contribution in [0.2, 0.25) is 0 Å². The fourth-order valence-electron chi connectivity index (χ4n) is 2.86. The number of rotatable bonds is 5. The maximum Gasteiger partial charge on any atom is 0.239 e. The molecule has 2 heterocycles. The number of carbonyl (C=O) groups excluding carboxylic acids is 1. The summed E-state index contributed by atoms with van der Waals surface area (Å²) in [5.74, 6) is 1.41. The van der Waals surface area contributed by atoms with E-state index < -0.39 is 0 Å². The third kappa shape index (κ3) is 4.75. The second-order valence-corrected chi connectivity index (χ2v) is 6.13.